The van der Waals surface area contributed by atoms with E-state index in [1.54, 1.807) is 24.4 Å². The smallest absolute Gasteiger partial charge is 0.265 e. The first-order valence-corrected chi connectivity index (χ1v) is 9.06. The van der Waals surface area contributed by atoms with E-state index in [-0.39, 0.29) is 9.38 Å². The van der Waals surface area contributed by atoms with Gasteiger partial charge in [-0.25, -0.2) is 17.6 Å². The molecule has 0 saturated heterocycles. The first-order valence-electron chi connectivity index (χ1n) is 7.20. The highest BCUT2D eigenvalue weighted by atomic mass is 35.5. The maximum Gasteiger partial charge on any atom is 0.265 e. The monoisotopic (exact) mass is 365 g/mol. The van der Waals surface area contributed by atoms with Crippen LogP contribution < -0.4 is 20.3 Å². The summed E-state index contributed by atoms with van der Waals surface area (Å²) >= 11 is 6.09. The molecule has 4 N–H and O–H groups in total. The van der Waals surface area contributed by atoms with E-state index < -0.39 is 10.0 Å². The Labute approximate surface area is 146 Å². The number of nitrogens with one attached hydrogen (secondary N) is 2. The Bertz CT molecular complexity index is 922. The fraction of sp³-hybridized carbons (Fsp3) is 0.125. The van der Waals surface area contributed by atoms with E-state index >= 15 is 0 Å². The quantitative estimate of drug-likeness (QED) is 0.576. The molecule has 6 nitrogen and oxygen atoms in total. The number of quaternary nitrogens is 1. The summed E-state index contributed by atoms with van der Waals surface area (Å²) in [6.07, 6.45) is 1.64. The van der Waals surface area contributed by atoms with Crippen molar-refractivity contribution < 1.29 is 8.42 Å². The predicted molar refractivity (Wildman–Crippen MR) is 98.0 cm³/mol. The summed E-state index contributed by atoms with van der Waals surface area (Å²) in [5.74, 6) is 0.474. The van der Waals surface area contributed by atoms with E-state index in [1.807, 2.05) is 26.2 Å². The Balaban J connectivity index is 1.96. The third-order valence-corrected chi connectivity index (χ3v) is 5.56. The summed E-state index contributed by atoms with van der Waals surface area (Å²) in [7, 11) is 0.0417. The molecule has 2 aromatic carbocycles. The number of fused-ring (bicyclic) bond motifs is 1. The topological polar surface area (TPSA) is 84.2 Å². The van der Waals surface area contributed by atoms with Crippen molar-refractivity contribution in [3.63, 3.8) is 0 Å². The first-order chi connectivity index (χ1) is 11.2. The third-order valence-electron chi connectivity index (χ3n) is 3.96. The van der Waals surface area contributed by atoms with Gasteiger partial charge in [0.1, 0.15) is 5.69 Å². The highest BCUT2D eigenvalue weighted by Gasteiger charge is 2.35. The summed E-state index contributed by atoms with van der Waals surface area (Å²) in [5, 5.41) is 3.68. The average molecular weight is 366 g/mol. The minimum absolute atomic E-state index is 0.148. The molecule has 0 radical (unpaired) electrons. The number of nitrogen functional groups attached to an aromatic ring is 1. The van der Waals surface area contributed by atoms with Crippen LogP contribution in [0.5, 0.6) is 0 Å². The molecular weight excluding hydrogens is 348 g/mol. The molecule has 1 aliphatic rings. The van der Waals surface area contributed by atoms with Crippen molar-refractivity contribution in [3.05, 3.63) is 59.5 Å². The second kappa shape index (κ2) is 5.70. The van der Waals surface area contributed by atoms with Crippen LogP contribution in [0.1, 0.15) is 0 Å². The van der Waals surface area contributed by atoms with Gasteiger partial charge in [0.15, 0.2) is 5.69 Å². The predicted octanol–water partition coefficient (Wildman–Crippen LogP) is 2.69. The largest absolute Gasteiger partial charge is 0.399 e. The van der Waals surface area contributed by atoms with Crippen LogP contribution in [0.3, 0.4) is 0 Å². The van der Waals surface area contributed by atoms with Crippen molar-refractivity contribution in [3.8, 4) is 0 Å². The van der Waals surface area contributed by atoms with Crippen molar-refractivity contribution in [2.45, 2.75) is 4.90 Å². The lowest BCUT2D eigenvalue weighted by Gasteiger charge is -2.35. The molecule has 0 amide bonds. The summed E-state index contributed by atoms with van der Waals surface area (Å²) < 4.78 is 28.1. The fourth-order valence-corrected chi connectivity index (χ4v) is 3.85. The van der Waals surface area contributed by atoms with Crippen LogP contribution in [0.2, 0.25) is 5.02 Å². The Kier molecular flexibility index (Phi) is 3.95. The van der Waals surface area contributed by atoms with Gasteiger partial charge >= 0.3 is 0 Å². The SMILES string of the molecule is C[N+]1(C)C(NS(=O)(=O)c2ccc(N)cc2)=CNc2ccc(Cl)cc21. The molecule has 0 aliphatic carbocycles. The number of nitrogens with two attached hydrogens (primary N) is 1. The Morgan fingerprint density at radius 3 is 2.46 bits per heavy atom. The van der Waals surface area contributed by atoms with Gasteiger partial charge in [0.25, 0.3) is 10.0 Å². The van der Waals surface area contributed by atoms with Crippen LogP contribution in [0, 0.1) is 0 Å². The molecule has 0 fully saturated rings. The molecular formula is C16H18ClN4O2S+. The molecule has 126 valence electrons. The van der Waals surface area contributed by atoms with E-state index in [2.05, 4.69) is 10.0 Å². The number of anilines is 2. The van der Waals surface area contributed by atoms with Crippen LogP contribution in [-0.2, 0) is 10.0 Å². The van der Waals surface area contributed by atoms with Gasteiger partial charge in [0, 0.05) is 16.8 Å². The van der Waals surface area contributed by atoms with Crippen molar-refractivity contribution in [1.29, 1.82) is 0 Å². The number of hydrogen-bond donors (Lipinski definition) is 3. The standard InChI is InChI=1S/C16H18ClN4O2S/c1-21(2)15-9-11(17)3-8-14(15)19-10-16(21)20-24(22,23)13-6-4-12(18)5-7-13/h3-10,19-20H,18H2,1-2H3/q+1. The van der Waals surface area contributed by atoms with Crippen molar-refractivity contribution in [2.75, 3.05) is 25.1 Å². The second-order valence-electron chi connectivity index (χ2n) is 5.96. The molecule has 0 spiro atoms. The lowest BCUT2D eigenvalue weighted by atomic mass is 10.2. The van der Waals surface area contributed by atoms with Crippen LogP contribution in [0.15, 0.2) is 59.4 Å². The van der Waals surface area contributed by atoms with Crippen molar-refractivity contribution in [2.24, 2.45) is 0 Å². The maximum absolute atomic E-state index is 12.6. The number of hydrogen-bond acceptors (Lipinski definition) is 4. The van der Waals surface area contributed by atoms with Gasteiger partial charge in [-0.05, 0) is 36.4 Å². The van der Waals surface area contributed by atoms with Crippen LogP contribution in [0.4, 0.5) is 17.1 Å². The number of halogens is 1. The summed E-state index contributed by atoms with van der Waals surface area (Å²) in [6.45, 7) is 0. The minimum atomic E-state index is -3.72. The number of nitrogens with zero attached hydrogens (tertiary/aromatic N) is 1. The van der Waals surface area contributed by atoms with E-state index in [0.29, 0.717) is 16.5 Å². The Morgan fingerprint density at radius 2 is 1.79 bits per heavy atom. The number of rotatable bonds is 3. The van der Waals surface area contributed by atoms with Crippen molar-refractivity contribution in [1.82, 2.24) is 9.21 Å². The molecule has 1 aliphatic heterocycles. The Morgan fingerprint density at radius 1 is 1.12 bits per heavy atom. The highest BCUT2D eigenvalue weighted by Crippen LogP contribution is 2.37. The van der Waals surface area contributed by atoms with Gasteiger partial charge in [0.2, 0.25) is 5.82 Å². The molecule has 0 atom stereocenters. The van der Waals surface area contributed by atoms with Gasteiger partial charge < -0.3 is 11.1 Å². The molecule has 3 rings (SSSR count). The second-order valence-corrected chi connectivity index (χ2v) is 8.08. The first kappa shape index (κ1) is 16.6. The molecule has 2 aromatic rings. The molecule has 0 unspecified atom stereocenters. The summed E-state index contributed by atoms with van der Waals surface area (Å²) in [4.78, 5) is 0.148. The number of sulfonamides is 1. The van der Waals surface area contributed by atoms with E-state index in [4.69, 9.17) is 17.3 Å². The van der Waals surface area contributed by atoms with E-state index in [1.165, 1.54) is 12.1 Å². The van der Waals surface area contributed by atoms with Crippen LogP contribution in [0.25, 0.3) is 0 Å². The highest BCUT2D eigenvalue weighted by molar-refractivity contribution is 7.89. The molecule has 0 saturated carbocycles. The van der Waals surface area contributed by atoms with Gasteiger partial charge in [-0.15, -0.1) is 0 Å². The van der Waals surface area contributed by atoms with Gasteiger partial charge in [-0.2, -0.15) is 0 Å². The molecule has 0 aromatic heterocycles. The Hall–Kier alpha value is -2.22. The summed E-state index contributed by atoms with van der Waals surface area (Å²) in [5.41, 5.74) is 7.85. The lowest BCUT2D eigenvalue weighted by Crippen LogP contribution is -2.49. The van der Waals surface area contributed by atoms with E-state index in [9.17, 15) is 8.42 Å². The third kappa shape index (κ3) is 2.93. The zero-order valence-electron chi connectivity index (χ0n) is 13.2. The molecule has 0 bridgehead atoms. The lowest BCUT2D eigenvalue weighted by molar-refractivity contribution is 0.464. The zero-order chi connectivity index (χ0) is 17.5. The average Bonchev–Trinajstić information content (AvgIpc) is 2.51. The summed E-state index contributed by atoms with van der Waals surface area (Å²) in [6, 6.07) is 11.5. The van der Waals surface area contributed by atoms with Crippen LogP contribution >= 0.6 is 11.6 Å². The van der Waals surface area contributed by atoms with Crippen LogP contribution in [-0.4, -0.2) is 22.5 Å². The molecule has 1 heterocycles. The maximum atomic E-state index is 12.6. The fourth-order valence-electron chi connectivity index (χ4n) is 2.51. The van der Waals surface area contributed by atoms with Gasteiger partial charge in [0.05, 0.1) is 25.2 Å². The normalized spacial score (nSPS) is 15.9. The van der Waals surface area contributed by atoms with Gasteiger partial charge in [-0.1, -0.05) is 11.6 Å². The van der Waals surface area contributed by atoms with Gasteiger partial charge in [-0.3, -0.25) is 0 Å². The minimum Gasteiger partial charge on any atom is -0.399 e. The molecule has 24 heavy (non-hydrogen) atoms. The van der Waals surface area contributed by atoms with E-state index in [0.717, 1.165) is 11.4 Å². The number of benzene rings is 2. The zero-order valence-corrected chi connectivity index (χ0v) is 14.8. The van der Waals surface area contributed by atoms with Crippen molar-refractivity contribution >= 4 is 38.7 Å². The molecule has 8 heteroatoms.